The van der Waals surface area contributed by atoms with Crippen molar-refractivity contribution in [3.63, 3.8) is 0 Å². The van der Waals surface area contributed by atoms with Crippen LogP contribution in [0.3, 0.4) is 0 Å². The van der Waals surface area contributed by atoms with Crippen molar-refractivity contribution >= 4 is 23.7 Å². The van der Waals surface area contributed by atoms with Gasteiger partial charge in [0.1, 0.15) is 0 Å². The Morgan fingerprint density at radius 3 is 1.50 bits per heavy atom. The molecule has 0 fully saturated rings. The van der Waals surface area contributed by atoms with Gasteiger partial charge in [-0.05, 0) is 0 Å². The van der Waals surface area contributed by atoms with Crippen molar-refractivity contribution in [2.45, 2.75) is 51.0 Å². The molecule has 0 spiro atoms. The van der Waals surface area contributed by atoms with Crippen molar-refractivity contribution in [1.29, 1.82) is 0 Å². The van der Waals surface area contributed by atoms with E-state index in [-0.39, 0.29) is 0 Å². The summed E-state index contributed by atoms with van der Waals surface area (Å²) in [6, 6.07) is 0. The first-order chi connectivity index (χ1) is 5.52. The summed E-state index contributed by atoms with van der Waals surface area (Å²) in [6.45, 7) is 9.12. The molecule has 0 amide bonds. The molecule has 0 unspecified atom stereocenters. The molecule has 0 saturated carbocycles. The van der Waals surface area contributed by atoms with Crippen LogP contribution in [0.15, 0.2) is 0 Å². The predicted octanol–water partition coefficient (Wildman–Crippen LogP) is 4.31. The summed E-state index contributed by atoms with van der Waals surface area (Å²) in [4.78, 5) is 0. The van der Waals surface area contributed by atoms with Gasteiger partial charge in [-0.1, -0.05) is 0 Å². The summed E-state index contributed by atoms with van der Waals surface area (Å²) >= 11 is -0.905. The van der Waals surface area contributed by atoms with Crippen LogP contribution in [0.5, 0.6) is 0 Å². The molecule has 0 aliphatic carbocycles. The quantitative estimate of drug-likeness (QED) is 0.618. The molecule has 0 bridgehead atoms. The van der Waals surface area contributed by atoms with E-state index in [2.05, 4.69) is 27.7 Å². The minimum atomic E-state index is -0.905. The number of hydrogen-bond donors (Lipinski definition) is 0. The average Bonchev–Trinajstić information content (AvgIpc) is 1.96. The molecular formula is C10H22AsCl. The van der Waals surface area contributed by atoms with Crippen molar-refractivity contribution in [3.05, 3.63) is 0 Å². The Morgan fingerprint density at radius 1 is 0.917 bits per heavy atom. The standard InChI is InChI=1S/C10H22AsCl/c1-9(2)5-7-11(12)8-6-10(3)4/h9-10H,5-8H2,1-4H3. The molecule has 0 aromatic carbocycles. The summed E-state index contributed by atoms with van der Waals surface area (Å²) in [5.41, 5.74) is 0. The average molecular weight is 253 g/mol. The van der Waals surface area contributed by atoms with Crippen LogP contribution in [-0.2, 0) is 0 Å². The van der Waals surface area contributed by atoms with E-state index >= 15 is 0 Å². The Hall–Kier alpha value is 0.848. The van der Waals surface area contributed by atoms with Gasteiger partial charge in [-0.3, -0.25) is 0 Å². The summed E-state index contributed by atoms with van der Waals surface area (Å²) in [5.74, 6) is 1.67. The van der Waals surface area contributed by atoms with Crippen LogP contribution >= 0.6 is 9.95 Å². The second kappa shape index (κ2) is 7.27. The van der Waals surface area contributed by atoms with Crippen molar-refractivity contribution in [1.82, 2.24) is 0 Å². The van der Waals surface area contributed by atoms with Crippen molar-refractivity contribution < 1.29 is 0 Å². The zero-order valence-corrected chi connectivity index (χ0v) is 11.4. The van der Waals surface area contributed by atoms with E-state index < -0.39 is 13.7 Å². The summed E-state index contributed by atoms with van der Waals surface area (Å²) < 4.78 is 0. The van der Waals surface area contributed by atoms with Crippen molar-refractivity contribution in [2.24, 2.45) is 11.8 Å². The zero-order chi connectivity index (χ0) is 9.56. The Bertz CT molecular complexity index is 90.0. The fourth-order valence-electron chi connectivity index (χ4n) is 0.908. The molecule has 74 valence electrons. The first kappa shape index (κ1) is 12.8. The van der Waals surface area contributed by atoms with Gasteiger partial charge >= 0.3 is 86.4 Å². The van der Waals surface area contributed by atoms with E-state index in [9.17, 15) is 0 Å². The molecule has 0 nitrogen and oxygen atoms in total. The maximum atomic E-state index is 6.31. The molecule has 2 heteroatoms. The second-order valence-corrected chi connectivity index (χ2v) is 10.6. The van der Waals surface area contributed by atoms with E-state index in [4.69, 9.17) is 9.95 Å². The molecule has 0 aliphatic rings. The van der Waals surface area contributed by atoms with Crippen LogP contribution in [0, 0.1) is 11.8 Å². The molecule has 0 aromatic heterocycles. The minimum absolute atomic E-state index is 0.833. The van der Waals surface area contributed by atoms with E-state index in [1.807, 2.05) is 0 Å². The van der Waals surface area contributed by atoms with Gasteiger partial charge in [0.05, 0.1) is 0 Å². The molecule has 0 aromatic rings. The Labute approximate surface area is 86.5 Å². The Morgan fingerprint density at radius 2 is 1.25 bits per heavy atom. The zero-order valence-electron chi connectivity index (χ0n) is 8.81. The molecule has 0 heterocycles. The predicted molar refractivity (Wildman–Crippen MR) is 60.1 cm³/mol. The SMILES string of the molecule is CC(C)CC[As](Cl)CCC(C)C. The Balaban J connectivity index is 3.27. The third-order valence-corrected chi connectivity index (χ3v) is 6.77. The van der Waals surface area contributed by atoms with Crippen molar-refractivity contribution in [3.8, 4) is 0 Å². The summed E-state index contributed by atoms with van der Waals surface area (Å²) in [7, 11) is 6.31. The third kappa shape index (κ3) is 8.94. The van der Waals surface area contributed by atoms with Crippen LogP contribution in [0.2, 0.25) is 10.4 Å². The van der Waals surface area contributed by atoms with Crippen molar-refractivity contribution in [2.75, 3.05) is 0 Å². The van der Waals surface area contributed by atoms with Crippen LogP contribution < -0.4 is 0 Å². The van der Waals surface area contributed by atoms with Gasteiger partial charge < -0.3 is 0 Å². The maximum absolute atomic E-state index is 6.31. The van der Waals surface area contributed by atoms with Gasteiger partial charge in [-0.25, -0.2) is 0 Å². The molecule has 12 heavy (non-hydrogen) atoms. The van der Waals surface area contributed by atoms with Gasteiger partial charge in [0.15, 0.2) is 0 Å². The van der Waals surface area contributed by atoms with Gasteiger partial charge in [-0.15, -0.1) is 0 Å². The third-order valence-electron chi connectivity index (χ3n) is 1.90. The van der Waals surface area contributed by atoms with Gasteiger partial charge in [-0.2, -0.15) is 0 Å². The molecule has 0 aliphatic heterocycles. The van der Waals surface area contributed by atoms with Gasteiger partial charge in [0.25, 0.3) is 0 Å². The first-order valence-corrected chi connectivity index (χ1v) is 10.0. The van der Waals surface area contributed by atoms with Gasteiger partial charge in [0, 0.05) is 0 Å². The van der Waals surface area contributed by atoms with Crippen LogP contribution in [0.4, 0.5) is 0 Å². The van der Waals surface area contributed by atoms with E-state index in [1.54, 1.807) is 0 Å². The molecular weight excluding hydrogens is 230 g/mol. The van der Waals surface area contributed by atoms with Crippen LogP contribution in [0.1, 0.15) is 40.5 Å². The molecule has 0 rings (SSSR count). The monoisotopic (exact) mass is 252 g/mol. The fraction of sp³-hybridized carbons (Fsp3) is 1.00. The van der Waals surface area contributed by atoms with Gasteiger partial charge in [0.2, 0.25) is 0 Å². The number of halogens is 1. The van der Waals surface area contributed by atoms with E-state index in [0.29, 0.717) is 0 Å². The second-order valence-electron chi connectivity index (χ2n) is 4.27. The molecule has 0 atom stereocenters. The molecule has 0 radical (unpaired) electrons. The van der Waals surface area contributed by atoms with Crippen LogP contribution in [-0.4, -0.2) is 13.7 Å². The van der Waals surface area contributed by atoms with E-state index in [1.165, 1.54) is 23.3 Å². The topological polar surface area (TPSA) is 0 Å². The molecule has 0 N–H and O–H groups in total. The first-order valence-electron chi connectivity index (χ1n) is 4.93. The van der Waals surface area contributed by atoms with Crippen LogP contribution in [0.25, 0.3) is 0 Å². The molecule has 0 saturated heterocycles. The van der Waals surface area contributed by atoms with E-state index in [0.717, 1.165) is 11.8 Å². The summed E-state index contributed by atoms with van der Waals surface area (Å²) in [6.07, 6.45) is 2.67. The normalized spacial score (nSPS) is 12.0. The fourth-order valence-corrected chi connectivity index (χ4v) is 5.73. The number of hydrogen-bond acceptors (Lipinski definition) is 0. The summed E-state index contributed by atoms with van der Waals surface area (Å²) in [5, 5.41) is 2.66. The Kier molecular flexibility index (Phi) is 7.79. The number of rotatable bonds is 6.